The monoisotopic (exact) mass is 453 g/mol. The zero-order chi connectivity index (χ0) is 18.6. The smallest absolute Gasteiger partial charge is 0.312 e. The Bertz CT molecular complexity index is 974. The molecule has 4 amide bonds. The van der Waals surface area contributed by atoms with Gasteiger partial charge < -0.3 is 10.2 Å². The number of amides is 4. The molecule has 2 aliphatic rings. The van der Waals surface area contributed by atoms with Gasteiger partial charge in [0.1, 0.15) is 0 Å². The number of fused-ring (bicyclic) bond motifs is 2. The summed E-state index contributed by atoms with van der Waals surface area (Å²) in [6.07, 6.45) is 0. The molecule has 1 spiro atoms. The summed E-state index contributed by atoms with van der Waals surface area (Å²) in [5, 5.41) is 5.45. The molecule has 6 nitrogen and oxygen atoms in total. The van der Waals surface area contributed by atoms with Gasteiger partial charge in [0.15, 0.2) is 0 Å². The summed E-state index contributed by atoms with van der Waals surface area (Å²) in [7, 11) is 0. The molecule has 1 fully saturated rings. The maximum absolute atomic E-state index is 13.2. The number of nitrogens with zero attached hydrogens (tertiary/aromatic N) is 1. The number of benzene rings is 2. The molecule has 2 N–H and O–H groups in total. The number of carbonyl (C=O) groups excluding carboxylic acids is 3. The maximum Gasteiger partial charge on any atom is 0.323 e. The minimum absolute atomic E-state index is 0.146. The second-order valence-corrected chi connectivity index (χ2v) is 7.55. The SMILES string of the molecule is O=C1NC(=O)C2(N1)C(=O)N(Cc1cc(Cl)c(Br)c(Cl)c1)c1ccccc12. The highest BCUT2D eigenvalue weighted by Crippen LogP contribution is 2.43. The number of urea groups is 1. The minimum atomic E-state index is -1.74. The molecule has 0 bridgehead atoms. The fourth-order valence-electron chi connectivity index (χ4n) is 3.29. The van der Waals surface area contributed by atoms with Crippen molar-refractivity contribution in [3.8, 4) is 0 Å². The Balaban J connectivity index is 1.80. The van der Waals surface area contributed by atoms with E-state index in [4.69, 9.17) is 23.2 Å². The lowest BCUT2D eigenvalue weighted by atomic mass is 9.92. The Labute approximate surface area is 166 Å². The van der Waals surface area contributed by atoms with Crippen LogP contribution in [0, 0.1) is 0 Å². The van der Waals surface area contributed by atoms with Gasteiger partial charge in [0.05, 0.1) is 26.8 Å². The van der Waals surface area contributed by atoms with Gasteiger partial charge in [-0.15, -0.1) is 0 Å². The quantitative estimate of drug-likeness (QED) is 0.415. The van der Waals surface area contributed by atoms with Crippen molar-refractivity contribution < 1.29 is 14.4 Å². The number of halogens is 3. The van der Waals surface area contributed by atoms with Gasteiger partial charge in [-0.25, -0.2) is 4.79 Å². The Kier molecular flexibility index (Phi) is 3.98. The molecule has 2 aromatic carbocycles. The first-order chi connectivity index (χ1) is 12.3. The van der Waals surface area contributed by atoms with E-state index in [0.717, 1.165) is 0 Å². The third kappa shape index (κ3) is 2.35. The molecule has 2 aliphatic heterocycles. The van der Waals surface area contributed by atoms with E-state index in [0.29, 0.717) is 31.3 Å². The highest BCUT2D eigenvalue weighted by atomic mass is 79.9. The molecule has 4 rings (SSSR count). The van der Waals surface area contributed by atoms with Gasteiger partial charge in [-0.05, 0) is 39.7 Å². The molecule has 1 unspecified atom stereocenters. The Morgan fingerprint density at radius 1 is 1.08 bits per heavy atom. The van der Waals surface area contributed by atoms with Gasteiger partial charge in [0, 0.05) is 5.56 Å². The first-order valence-corrected chi connectivity index (χ1v) is 9.08. The van der Waals surface area contributed by atoms with Crippen molar-refractivity contribution in [3.05, 3.63) is 62.0 Å². The van der Waals surface area contributed by atoms with Crippen molar-refractivity contribution in [1.82, 2.24) is 10.6 Å². The lowest BCUT2D eigenvalue weighted by Crippen LogP contribution is -2.52. The van der Waals surface area contributed by atoms with Gasteiger partial charge in [-0.3, -0.25) is 14.9 Å². The number of anilines is 1. The van der Waals surface area contributed by atoms with Crippen LogP contribution in [0.15, 0.2) is 40.9 Å². The first kappa shape index (κ1) is 17.3. The van der Waals surface area contributed by atoms with Crippen LogP contribution in [0.25, 0.3) is 0 Å². The summed E-state index contributed by atoms with van der Waals surface area (Å²) in [5.74, 6) is -1.22. The molecular formula is C17H10BrCl2N3O3. The Morgan fingerprint density at radius 2 is 1.73 bits per heavy atom. The Morgan fingerprint density at radius 3 is 2.35 bits per heavy atom. The van der Waals surface area contributed by atoms with Crippen molar-refractivity contribution in [2.75, 3.05) is 4.90 Å². The van der Waals surface area contributed by atoms with Crippen molar-refractivity contribution in [1.29, 1.82) is 0 Å². The summed E-state index contributed by atoms with van der Waals surface area (Å²) in [4.78, 5) is 38.7. The molecule has 132 valence electrons. The van der Waals surface area contributed by atoms with Crippen LogP contribution in [-0.2, 0) is 21.7 Å². The van der Waals surface area contributed by atoms with Crippen LogP contribution in [0.1, 0.15) is 11.1 Å². The van der Waals surface area contributed by atoms with E-state index in [9.17, 15) is 14.4 Å². The fraction of sp³-hybridized carbons (Fsp3) is 0.118. The van der Waals surface area contributed by atoms with Crippen molar-refractivity contribution in [2.24, 2.45) is 0 Å². The van der Waals surface area contributed by atoms with Crippen LogP contribution in [0.3, 0.4) is 0 Å². The second-order valence-electron chi connectivity index (χ2n) is 5.94. The summed E-state index contributed by atoms with van der Waals surface area (Å²) in [5.41, 5.74) is -0.0720. The maximum atomic E-state index is 13.2. The summed E-state index contributed by atoms with van der Waals surface area (Å²) < 4.78 is 0.566. The molecule has 26 heavy (non-hydrogen) atoms. The van der Waals surface area contributed by atoms with Gasteiger partial charge in [0.25, 0.3) is 11.8 Å². The number of imide groups is 1. The molecule has 2 aromatic rings. The average Bonchev–Trinajstić information content (AvgIpc) is 3.02. The number of hydrogen-bond donors (Lipinski definition) is 2. The molecule has 1 saturated heterocycles. The van der Waals surface area contributed by atoms with Crippen LogP contribution >= 0.6 is 39.1 Å². The van der Waals surface area contributed by atoms with E-state index >= 15 is 0 Å². The summed E-state index contributed by atoms with van der Waals surface area (Å²) >= 11 is 15.6. The Hall–Kier alpha value is -2.09. The van der Waals surface area contributed by atoms with Gasteiger partial charge >= 0.3 is 6.03 Å². The van der Waals surface area contributed by atoms with Crippen LogP contribution < -0.4 is 15.5 Å². The van der Waals surface area contributed by atoms with E-state index in [1.165, 1.54) is 4.90 Å². The van der Waals surface area contributed by atoms with Crippen molar-refractivity contribution in [2.45, 2.75) is 12.1 Å². The third-order valence-corrected chi connectivity index (χ3v) is 6.32. The molecule has 0 aliphatic carbocycles. The van der Waals surface area contributed by atoms with E-state index < -0.39 is 23.4 Å². The highest BCUT2D eigenvalue weighted by Gasteiger charge is 2.61. The largest absolute Gasteiger partial charge is 0.323 e. The minimum Gasteiger partial charge on any atom is -0.312 e. The second kappa shape index (κ2) is 5.97. The van der Waals surface area contributed by atoms with Crippen molar-refractivity contribution >= 4 is 62.7 Å². The van der Waals surface area contributed by atoms with Gasteiger partial charge in [-0.2, -0.15) is 0 Å². The normalized spacial score (nSPS) is 21.2. The van der Waals surface area contributed by atoms with Crippen LogP contribution in [0.4, 0.5) is 10.5 Å². The van der Waals surface area contributed by atoms with Crippen molar-refractivity contribution in [3.63, 3.8) is 0 Å². The van der Waals surface area contributed by atoms with Crippen LogP contribution in [-0.4, -0.2) is 17.8 Å². The summed E-state index contributed by atoms with van der Waals surface area (Å²) in [6.45, 7) is 0.146. The molecule has 9 heteroatoms. The summed E-state index contributed by atoms with van der Waals surface area (Å²) in [6, 6.07) is 9.52. The standard InChI is InChI=1S/C17H10BrCl2N3O3/c18-13-10(19)5-8(6-11(13)20)7-23-12-4-2-1-3-9(12)17(15(23)25)14(24)21-16(26)22-17/h1-6H,7H2,(H2,21,22,24,26). The third-order valence-electron chi connectivity index (χ3n) is 4.42. The molecule has 0 radical (unpaired) electrons. The van der Waals surface area contributed by atoms with E-state index in [1.54, 1.807) is 36.4 Å². The number of carbonyl (C=O) groups is 3. The zero-order valence-electron chi connectivity index (χ0n) is 13.0. The highest BCUT2D eigenvalue weighted by molar-refractivity contribution is 9.10. The molecular weight excluding hydrogens is 445 g/mol. The van der Waals surface area contributed by atoms with Crippen LogP contribution in [0.2, 0.25) is 10.0 Å². The predicted octanol–water partition coefficient (Wildman–Crippen LogP) is 3.34. The lowest BCUT2D eigenvalue weighted by molar-refractivity contribution is -0.134. The van der Waals surface area contributed by atoms with E-state index in [-0.39, 0.29) is 6.54 Å². The van der Waals surface area contributed by atoms with Crippen LogP contribution in [0.5, 0.6) is 0 Å². The van der Waals surface area contributed by atoms with Gasteiger partial charge in [-0.1, -0.05) is 41.4 Å². The topological polar surface area (TPSA) is 78.5 Å². The fourth-order valence-corrected chi connectivity index (χ4v) is 4.05. The van der Waals surface area contributed by atoms with E-state index in [1.807, 2.05) is 0 Å². The first-order valence-electron chi connectivity index (χ1n) is 7.53. The lowest BCUT2D eigenvalue weighted by Gasteiger charge is -2.21. The molecule has 1 atom stereocenters. The number of hydrogen-bond acceptors (Lipinski definition) is 3. The number of rotatable bonds is 2. The van der Waals surface area contributed by atoms with Gasteiger partial charge in [0.2, 0.25) is 5.54 Å². The zero-order valence-corrected chi connectivity index (χ0v) is 16.1. The number of nitrogens with one attached hydrogen (secondary N) is 2. The predicted molar refractivity (Wildman–Crippen MR) is 100 cm³/mol. The molecule has 0 saturated carbocycles. The molecule has 2 heterocycles. The average molecular weight is 455 g/mol. The molecule has 0 aromatic heterocycles. The number of para-hydroxylation sites is 1. The van der Waals surface area contributed by atoms with E-state index in [2.05, 4.69) is 26.6 Å².